The van der Waals surface area contributed by atoms with Gasteiger partial charge >= 0.3 is 17.9 Å². The van der Waals surface area contributed by atoms with Crippen LogP contribution < -0.4 is 5.32 Å². The van der Waals surface area contributed by atoms with Gasteiger partial charge in [0.2, 0.25) is 0 Å². The summed E-state index contributed by atoms with van der Waals surface area (Å²) in [6, 6.07) is 0.100. The smallest absolute Gasteiger partial charge is 0.323 e. The minimum absolute atomic E-state index is 0.0342. The molecule has 3 heterocycles. The molecule has 0 aromatic heterocycles. The summed E-state index contributed by atoms with van der Waals surface area (Å²) in [6.45, 7) is 0.902. The summed E-state index contributed by atoms with van der Waals surface area (Å²) in [5, 5.41) is 3.21. The lowest BCUT2D eigenvalue weighted by Gasteiger charge is -2.47. The van der Waals surface area contributed by atoms with E-state index in [2.05, 4.69) is 27.9 Å². The van der Waals surface area contributed by atoms with Crippen molar-refractivity contribution in [2.75, 3.05) is 6.54 Å². The van der Waals surface area contributed by atoms with Crippen LogP contribution in [0.2, 0.25) is 0 Å². The number of halogens is 1. The van der Waals surface area contributed by atoms with Gasteiger partial charge < -0.3 is 19.5 Å². The Kier molecular flexibility index (Phi) is 4.42. The molecule has 0 aromatic rings. The molecule has 3 saturated heterocycles. The van der Waals surface area contributed by atoms with E-state index in [0.29, 0.717) is 12.8 Å². The number of rotatable bonds is 5. The van der Waals surface area contributed by atoms with Crippen LogP contribution in [-0.4, -0.2) is 46.3 Å². The fraction of sp³-hybridized carbons (Fsp3) is 0.842. The Labute approximate surface area is 171 Å². The molecule has 4 bridgehead atoms. The van der Waals surface area contributed by atoms with Crippen LogP contribution in [0.1, 0.15) is 44.9 Å². The third-order valence-corrected chi connectivity index (χ3v) is 8.49. The lowest BCUT2D eigenvalue weighted by atomic mass is 9.73. The number of hydrogen-bond acceptors (Lipinski definition) is 7. The number of carbonyl (C=O) groups excluding carboxylic acids is 3. The van der Waals surface area contributed by atoms with Gasteiger partial charge in [-0.15, -0.1) is 0 Å². The second kappa shape index (κ2) is 6.57. The zero-order valence-corrected chi connectivity index (χ0v) is 17.2. The first kappa shape index (κ1) is 18.1. The quantitative estimate of drug-likeness (QED) is 0.357. The molecule has 0 aromatic carbocycles. The largest absolute Gasteiger partial charge is 0.462 e. The third kappa shape index (κ3) is 2.81. The van der Waals surface area contributed by atoms with E-state index in [0.717, 1.165) is 38.6 Å². The second-order valence-corrected chi connectivity index (χ2v) is 9.95. The fourth-order valence-electron chi connectivity index (χ4n) is 5.69. The second-order valence-electron chi connectivity index (χ2n) is 8.61. The van der Waals surface area contributed by atoms with Gasteiger partial charge in [0.25, 0.3) is 5.79 Å². The maximum atomic E-state index is 12.9. The molecule has 8 heteroatoms. The van der Waals surface area contributed by atoms with Crippen LogP contribution in [-0.2, 0) is 28.6 Å². The molecule has 3 aliphatic heterocycles. The summed E-state index contributed by atoms with van der Waals surface area (Å²) in [6.07, 6.45) is 6.03. The molecule has 0 amide bonds. The Morgan fingerprint density at radius 1 is 1.26 bits per heavy atom. The highest BCUT2D eigenvalue weighted by Gasteiger charge is 2.73. The molecule has 7 nitrogen and oxygen atoms in total. The number of alkyl halides is 1. The zero-order valence-electron chi connectivity index (χ0n) is 15.0. The minimum atomic E-state index is -1.28. The van der Waals surface area contributed by atoms with Crippen LogP contribution in [0.25, 0.3) is 0 Å². The van der Waals surface area contributed by atoms with Crippen molar-refractivity contribution in [1.82, 2.24) is 5.32 Å². The molecule has 0 spiro atoms. The van der Waals surface area contributed by atoms with Crippen molar-refractivity contribution in [3.8, 4) is 0 Å². The lowest BCUT2D eigenvalue weighted by Crippen LogP contribution is -2.60. The van der Waals surface area contributed by atoms with E-state index < -0.39 is 23.6 Å². The summed E-state index contributed by atoms with van der Waals surface area (Å²) in [4.78, 5) is 38.1. The number of esters is 3. The van der Waals surface area contributed by atoms with E-state index in [4.69, 9.17) is 14.2 Å². The first-order chi connectivity index (χ1) is 13.0. The van der Waals surface area contributed by atoms with Crippen molar-refractivity contribution in [3.05, 3.63) is 0 Å². The van der Waals surface area contributed by atoms with Crippen LogP contribution in [0, 0.1) is 23.7 Å². The van der Waals surface area contributed by atoms with Gasteiger partial charge in [-0.2, -0.15) is 0 Å². The van der Waals surface area contributed by atoms with Crippen molar-refractivity contribution in [2.45, 2.75) is 66.8 Å². The molecule has 7 unspecified atom stereocenters. The molecule has 6 rings (SSSR count). The Morgan fingerprint density at radius 3 is 2.67 bits per heavy atom. The van der Waals surface area contributed by atoms with E-state index in [1.54, 1.807) is 0 Å². The molecule has 6 fully saturated rings. The maximum absolute atomic E-state index is 12.9. The van der Waals surface area contributed by atoms with Crippen LogP contribution in [0.15, 0.2) is 0 Å². The normalized spacial score (nSPS) is 43.3. The van der Waals surface area contributed by atoms with Crippen LogP contribution in [0.3, 0.4) is 0 Å². The summed E-state index contributed by atoms with van der Waals surface area (Å²) in [5.41, 5.74) is 0. The van der Waals surface area contributed by atoms with Gasteiger partial charge in [-0.05, 0) is 51.0 Å². The van der Waals surface area contributed by atoms with Gasteiger partial charge in [-0.25, -0.2) is 0 Å². The molecule has 0 radical (unpaired) electrons. The third-order valence-electron chi connectivity index (χ3n) is 7.11. The minimum Gasteiger partial charge on any atom is -0.462 e. The van der Waals surface area contributed by atoms with Gasteiger partial charge in [0, 0.05) is 12.5 Å². The van der Waals surface area contributed by atoms with Crippen molar-refractivity contribution in [3.63, 3.8) is 0 Å². The fourth-order valence-corrected chi connectivity index (χ4v) is 6.43. The van der Waals surface area contributed by atoms with Crippen molar-refractivity contribution in [2.24, 2.45) is 23.7 Å². The number of ether oxygens (including phenoxy) is 3. The van der Waals surface area contributed by atoms with E-state index >= 15 is 0 Å². The molecule has 6 aliphatic rings. The van der Waals surface area contributed by atoms with Crippen LogP contribution in [0.5, 0.6) is 0 Å². The van der Waals surface area contributed by atoms with Gasteiger partial charge in [0.15, 0.2) is 0 Å². The molecule has 7 atom stereocenters. The standard InChI is InChI=1S/C19H24INO6/c20-15(12-5-6-21-12)18(24)27-19-8-9-7-11(19)14(13(9)17(23)26-19)16(22)25-10-3-1-2-4-10/h9-15,21H,1-8H2. The van der Waals surface area contributed by atoms with E-state index in [-0.39, 0.29) is 39.8 Å². The van der Waals surface area contributed by atoms with E-state index in [1.165, 1.54) is 0 Å². The first-order valence-electron chi connectivity index (χ1n) is 10.0. The summed E-state index contributed by atoms with van der Waals surface area (Å²) in [7, 11) is 0. The topological polar surface area (TPSA) is 90.9 Å². The lowest BCUT2D eigenvalue weighted by molar-refractivity contribution is -0.280. The summed E-state index contributed by atoms with van der Waals surface area (Å²) >= 11 is 2.09. The van der Waals surface area contributed by atoms with Crippen molar-refractivity contribution in [1.29, 1.82) is 0 Å². The molecule has 1 N–H and O–H groups in total. The SMILES string of the molecule is O=C(OC12CC3CC1C(C(=O)OC1CCCC1)C3C(=O)O2)C(I)C1CCN1. The average Bonchev–Trinajstić information content (AvgIpc) is 3.26. The Morgan fingerprint density at radius 2 is 2.00 bits per heavy atom. The number of nitrogens with one attached hydrogen (secondary N) is 1. The molecule has 3 aliphatic carbocycles. The predicted octanol–water partition coefficient (Wildman–Crippen LogP) is 1.71. The summed E-state index contributed by atoms with van der Waals surface area (Å²) < 4.78 is 16.8. The maximum Gasteiger partial charge on any atom is 0.323 e. The van der Waals surface area contributed by atoms with Gasteiger partial charge in [-0.1, -0.05) is 22.6 Å². The number of fused-ring (bicyclic) bond motifs is 1. The van der Waals surface area contributed by atoms with Gasteiger partial charge in [-0.3, -0.25) is 14.4 Å². The predicted molar refractivity (Wildman–Crippen MR) is 101 cm³/mol. The Hall–Kier alpha value is -0.900. The van der Waals surface area contributed by atoms with E-state index in [1.807, 2.05) is 0 Å². The molecule has 148 valence electrons. The first-order valence-corrected chi connectivity index (χ1v) is 11.3. The molecular weight excluding hydrogens is 465 g/mol. The zero-order chi connectivity index (χ0) is 18.8. The van der Waals surface area contributed by atoms with Gasteiger partial charge in [0.1, 0.15) is 10.0 Å². The monoisotopic (exact) mass is 489 g/mol. The molecule has 27 heavy (non-hydrogen) atoms. The Balaban J connectivity index is 1.33. The highest BCUT2D eigenvalue weighted by Crippen LogP contribution is 2.63. The molecular formula is C19H24INO6. The van der Waals surface area contributed by atoms with Crippen LogP contribution >= 0.6 is 22.6 Å². The average molecular weight is 489 g/mol. The van der Waals surface area contributed by atoms with E-state index in [9.17, 15) is 14.4 Å². The Bertz CT molecular complexity index is 675. The van der Waals surface area contributed by atoms with Crippen molar-refractivity contribution >= 4 is 40.5 Å². The number of carbonyl (C=O) groups is 3. The molecule has 3 saturated carbocycles. The van der Waals surface area contributed by atoms with Crippen LogP contribution in [0.4, 0.5) is 0 Å². The highest BCUT2D eigenvalue weighted by molar-refractivity contribution is 14.1. The number of hydrogen-bond donors (Lipinski definition) is 1. The van der Waals surface area contributed by atoms with Crippen molar-refractivity contribution < 1.29 is 28.6 Å². The summed E-state index contributed by atoms with van der Waals surface area (Å²) in [5.74, 6) is -3.56. The van der Waals surface area contributed by atoms with Gasteiger partial charge in [0.05, 0.1) is 17.8 Å². The highest BCUT2D eigenvalue weighted by atomic mass is 127.